The van der Waals surface area contributed by atoms with Crippen LogP contribution in [0, 0.1) is 0 Å². The number of hydrogen-bond donors (Lipinski definition) is 0. The molecule has 0 fully saturated rings. The number of nitrogens with zero attached hydrogens (tertiary/aromatic N) is 2. The molecule has 0 spiro atoms. The molecule has 0 bridgehead atoms. The van der Waals surface area contributed by atoms with Crippen molar-refractivity contribution < 1.29 is 0 Å². The van der Waals surface area contributed by atoms with Crippen molar-refractivity contribution in [3.63, 3.8) is 0 Å². The molecule has 0 N–H and O–H groups in total. The maximum atomic E-state index is 2.44. The second kappa shape index (κ2) is 9.72. The summed E-state index contributed by atoms with van der Waals surface area (Å²) in [5.41, 5.74) is 13.6. The Balaban J connectivity index is 0.000000127. The van der Waals surface area contributed by atoms with Crippen LogP contribution < -0.4 is 0 Å². The van der Waals surface area contributed by atoms with Crippen LogP contribution in [0.2, 0.25) is 0 Å². The Kier molecular flexibility index (Phi) is 5.79. The standard InChI is InChI=1S/2C18H15N/c2*1-2-7-15(8-3-1)17-10-11-18-16-9-5-4-6-14(16)12-13-19(17)18/h2*1-11H,12-13H2. The van der Waals surface area contributed by atoms with E-state index >= 15 is 0 Å². The van der Waals surface area contributed by atoms with Gasteiger partial charge in [0.1, 0.15) is 0 Å². The van der Waals surface area contributed by atoms with Crippen LogP contribution in [0.15, 0.2) is 133 Å². The Bertz CT molecular complexity index is 1550. The molecular weight excluding hydrogens is 460 g/mol. The van der Waals surface area contributed by atoms with E-state index in [1.807, 2.05) is 0 Å². The number of hydrogen-bond acceptors (Lipinski definition) is 0. The summed E-state index contributed by atoms with van der Waals surface area (Å²) in [6.07, 6.45) is 2.25. The van der Waals surface area contributed by atoms with Gasteiger partial charge in [0.15, 0.2) is 0 Å². The second-order valence-corrected chi connectivity index (χ2v) is 10.1. The van der Waals surface area contributed by atoms with Gasteiger partial charge in [0.05, 0.1) is 0 Å². The highest BCUT2D eigenvalue weighted by molar-refractivity contribution is 5.74. The van der Waals surface area contributed by atoms with Gasteiger partial charge in [0.2, 0.25) is 0 Å². The van der Waals surface area contributed by atoms with E-state index in [0.717, 1.165) is 25.9 Å². The van der Waals surface area contributed by atoms with E-state index in [-0.39, 0.29) is 0 Å². The Labute approximate surface area is 224 Å². The zero-order chi connectivity index (χ0) is 25.3. The van der Waals surface area contributed by atoms with Gasteiger partial charge in [-0.25, -0.2) is 0 Å². The maximum Gasteiger partial charge on any atom is 0.0488 e. The van der Waals surface area contributed by atoms with E-state index in [4.69, 9.17) is 0 Å². The monoisotopic (exact) mass is 490 g/mol. The van der Waals surface area contributed by atoms with Crippen molar-refractivity contribution in [2.24, 2.45) is 0 Å². The van der Waals surface area contributed by atoms with E-state index in [2.05, 4.69) is 143 Å². The minimum atomic E-state index is 1.07. The van der Waals surface area contributed by atoms with Crippen LogP contribution >= 0.6 is 0 Å². The molecule has 2 nitrogen and oxygen atoms in total. The Hall–Kier alpha value is -4.56. The van der Waals surface area contributed by atoms with E-state index < -0.39 is 0 Å². The normalized spacial score (nSPS) is 12.8. The molecule has 0 aliphatic carbocycles. The predicted molar refractivity (Wildman–Crippen MR) is 158 cm³/mol. The molecule has 184 valence electrons. The average molecular weight is 491 g/mol. The van der Waals surface area contributed by atoms with Gasteiger partial charge < -0.3 is 9.13 Å². The highest BCUT2D eigenvalue weighted by atomic mass is 15.0. The Morgan fingerprint density at radius 2 is 0.711 bits per heavy atom. The topological polar surface area (TPSA) is 9.86 Å². The van der Waals surface area contributed by atoms with Gasteiger partial charge in [-0.15, -0.1) is 0 Å². The first-order valence-electron chi connectivity index (χ1n) is 13.5. The number of aromatic nitrogens is 2. The molecule has 6 aromatic rings. The second-order valence-electron chi connectivity index (χ2n) is 10.1. The van der Waals surface area contributed by atoms with Crippen molar-refractivity contribution in [2.75, 3.05) is 0 Å². The largest absolute Gasteiger partial charge is 0.340 e. The summed E-state index contributed by atoms with van der Waals surface area (Å²) in [6.45, 7) is 2.15. The molecule has 0 amide bonds. The molecule has 2 heteroatoms. The summed E-state index contributed by atoms with van der Waals surface area (Å²) in [4.78, 5) is 0. The SMILES string of the molecule is c1ccc(-c2ccc3n2CCc2ccccc2-3)cc1.c1ccc(-c2ccc3n2CCc2ccccc2-3)cc1. The van der Waals surface area contributed by atoms with Gasteiger partial charge in [0.25, 0.3) is 0 Å². The molecule has 8 rings (SSSR count). The van der Waals surface area contributed by atoms with Gasteiger partial charge in [0, 0.05) is 47.0 Å². The molecule has 0 atom stereocenters. The number of aryl methyl sites for hydroxylation is 2. The molecule has 2 aliphatic heterocycles. The lowest BCUT2D eigenvalue weighted by Crippen LogP contribution is -2.11. The van der Waals surface area contributed by atoms with Crippen molar-refractivity contribution in [3.8, 4) is 45.0 Å². The third-order valence-electron chi connectivity index (χ3n) is 7.90. The van der Waals surface area contributed by atoms with E-state index in [9.17, 15) is 0 Å². The number of rotatable bonds is 2. The van der Waals surface area contributed by atoms with Crippen molar-refractivity contribution in [1.82, 2.24) is 9.13 Å². The molecule has 0 saturated heterocycles. The molecule has 38 heavy (non-hydrogen) atoms. The third kappa shape index (κ3) is 3.99. The third-order valence-corrected chi connectivity index (χ3v) is 7.90. The number of benzene rings is 4. The first-order valence-corrected chi connectivity index (χ1v) is 13.5. The first kappa shape index (κ1) is 22.6. The Morgan fingerprint density at radius 1 is 0.342 bits per heavy atom. The van der Waals surface area contributed by atoms with Crippen molar-refractivity contribution in [3.05, 3.63) is 145 Å². The average Bonchev–Trinajstić information content (AvgIpc) is 3.64. The van der Waals surface area contributed by atoms with Crippen LogP contribution in [0.3, 0.4) is 0 Å². The molecule has 0 unspecified atom stereocenters. The predicted octanol–water partition coefficient (Wildman–Crippen LogP) is 8.76. The fourth-order valence-corrected chi connectivity index (χ4v) is 6.05. The molecule has 0 saturated carbocycles. The lowest BCUT2D eigenvalue weighted by atomic mass is 9.99. The summed E-state index contributed by atoms with van der Waals surface area (Å²) in [5.74, 6) is 0. The molecule has 4 heterocycles. The van der Waals surface area contributed by atoms with E-state index in [1.165, 1.54) is 56.2 Å². The fraction of sp³-hybridized carbons (Fsp3) is 0.111. The van der Waals surface area contributed by atoms with Crippen LogP contribution in [0.5, 0.6) is 0 Å². The number of fused-ring (bicyclic) bond motifs is 6. The molecular formula is C36H30N2. The summed E-state index contributed by atoms with van der Waals surface area (Å²) in [6, 6.07) is 47.7. The zero-order valence-electron chi connectivity index (χ0n) is 21.4. The molecule has 4 aromatic carbocycles. The maximum absolute atomic E-state index is 2.44. The smallest absolute Gasteiger partial charge is 0.0488 e. The van der Waals surface area contributed by atoms with Gasteiger partial charge in [-0.3, -0.25) is 0 Å². The zero-order valence-corrected chi connectivity index (χ0v) is 21.4. The van der Waals surface area contributed by atoms with Crippen molar-refractivity contribution in [1.29, 1.82) is 0 Å². The molecule has 2 aromatic heterocycles. The summed E-state index contributed by atoms with van der Waals surface area (Å²) < 4.78 is 4.88. The lowest BCUT2D eigenvalue weighted by molar-refractivity contribution is 0.695. The summed E-state index contributed by atoms with van der Waals surface area (Å²) in [5, 5.41) is 0. The van der Waals surface area contributed by atoms with Crippen molar-refractivity contribution in [2.45, 2.75) is 25.9 Å². The minimum absolute atomic E-state index is 1.07. The highest BCUT2D eigenvalue weighted by Gasteiger charge is 2.19. The highest BCUT2D eigenvalue weighted by Crippen LogP contribution is 2.36. The summed E-state index contributed by atoms with van der Waals surface area (Å²) >= 11 is 0. The van der Waals surface area contributed by atoms with E-state index in [1.54, 1.807) is 0 Å². The fourth-order valence-electron chi connectivity index (χ4n) is 6.05. The van der Waals surface area contributed by atoms with E-state index in [0.29, 0.717) is 0 Å². The van der Waals surface area contributed by atoms with Crippen LogP contribution in [0.4, 0.5) is 0 Å². The van der Waals surface area contributed by atoms with Gasteiger partial charge in [-0.2, -0.15) is 0 Å². The van der Waals surface area contributed by atoms with Gasteiger partial charge >= 0.3 is 0 Å². The van der Waals surface area contributed by atoms with Crippen LogP contribution in [0.1, 0.15) is 11.1 Å². The molecule has 0 radical (unpaired) electrons. The summed E-state index contributed by atoms with van der Waals surface area (Å²) in [7, 11) is 0. The van der Waals surface area contributed by atoms with Crippen LogP contribution in [0.25, 0.3) is 45.0 Å². The van der Waals surface area contributed by atoms with Crippen LogP contribution in [-0.4, -0.2) is 9.13 Å². The van der Waals surface area contributed by atoms with Gasteiger partial charge in [-0.05, 0) is 59.4 Å². The minimum Gasteiger partial charge on any atom is -0.340 e. The van der Waals surface area contributed by atoms with Crippen LogP contribution in [-0.2, 0) is 25.9 Å². The van der Waals surface area contributed by atoms with Crippen molar-refractivity contribution >= 4 is 0 Å². The molecule has 2 aliphatic rings. The lowest BCUT2D eigenvalue weighted by Gasteiger charge is -2.21. The Morgan fingerprint density at radius 3 is 1.16 bits per heavy atom. The first-order chi connectivity index (χ1) is 18.9. The van der Waals surface area contributed by atoms with Gasteiger partial charge in [-0.1, -0.05) is 109 Å². The quantitative estimate of drug-likeness (QED) is 0.230.